The van der Waals surface area contributed by atoms with E-state index in [0.717, 1.165) is 24.2 Å². The van der Waals surface area contributed by atoms with Crippen LogP contribution in [0.3, 0.4) is 0 Å². The number of piperidine rings is 1. The van der Waals surface area contributed by atoms with Crippen molar-refractivity contribution in [3.05, 3.63) is 54.2 Å². The van der Waals surface area contributed by atoms with Crippen LogP contribution in [0.25, 0.3) is 11.4 Å². The van der Waals surface area contributed by atoms with E-state index in [0.29, 0.717) is 36.2 Å². The molecule has 2 aliphatic rings. The first kappa shape index (κ1) is 16.7. The molecule has 3 aromatic rings. The average Bonchev–Trinajstić information content (AvgIpc) is 3.43. The molecule has 1 amide bonds. The average molecular weight is 378 g/mol. The molecule has 8 heteroatoms. The van der Waals surface area contributed by atoms with Crippen LogP contribution in [0.5, 0.6) is 11.5 Å². The van der Waals surface area contributed by atoms with Crippen molar-refractivity contribution in [1.29, 1.82) is 0 Å². The molecule has 0 bridgehead atoms. The monoisotopic (exact) mass is 378 g/mol. The number of hydrogen-bond donors (Lipinski definition) is 0. The summed E-state index contributed by atoms with van der Waals surface area (Å²) in [4.78, 5) is 23.1. The molecule has 1 saturated heterocycles. The Bertz CT molecular complexity index is 996. The van der Waals surface area contributed by atoms with E-state index in [2.05, 4.69) is 15.1 Å². The number of carbonyl (C=O) groups is 1. The highest BCUT2D eigenvalue weighted by Crippen LogP contribution is 2.36. The van der Waals surface area contributed by atoms with Gasteiger partial charge in [-0.05, 0) is 43.2 Å². The SMILES string of the molecule is O=C(c1ccccn1)N1CCC(c2nc(-c3ccc4c(c3)OCO4)no2)CC1. The molecule has 4 heterocycles. The van der Waals surface area contributed by atoms with Gasteiger partial charge in [-0.2, -0.15) is 4.98 Å². The van der Waals surface area contributed by atoms with Gasteiger partial charge in [-0.3, -0.25) is 9.78 Å². The van der Waals surface area contributed by atoms with E-state index in [9.17, 15) is 4.79 Å². The standard InChI is InChI=1S/C20H18N4O4/c25-20(15-3-1-2-8-21-15)24-9-6-13(7-10-24)19-22-18(23-28-19)14-4-5-16-17(11-14)27-12-26-16/h1-5,8,11,13H,6-7,9-10,12H2. The zero-order valence-corrected chi connectivity index (χ0v) is 15.1. The van der Waals surface area contributed by atoms with Gasteiger partial charge in [0, 0.05) is 30.8 Å². The van der Waals surface area contributed by atoms with Gasteiger partial charge in [-0.25, -0.2) is 0 Å². The minimum Gasteiger partial charge on any atom is -0.454 e. The Morgan fingerprint density at radius 2 is 1.93 bits per heavy atom. The molecule has 0 radical (unpaired) electrons. The molecule has 0 aliphatic carbocycles. The molecule has 142 valence electrons. The smallest absolute Gasteiger partial charge is 0.272 e. The summed E-state index contributed by atoms with van der Waals surface area (Å²) in [6, 6.07) is 10.9. The van der Waals surface area contributed by atoms with Gasteiger partial charge in [0.05, 0.1) is 0 Å². The fraction of sp³-hybridized carbons (Fsp3) is 0.300. The van der Waals surface area contributed by atoms with Crippen LogP contribution in [0, 0.1) is 0 Å². The number of carbonyl (C=O) groups excluding carboxylic acids is 1. The van der Waals surface area contributed by atoms with Gasteiger partial charge in [0.15, 0.2) is 11.5 Å². The Morgan fingerprint density at radius 3 is 2.75 bits per heavy atom. The Hall–Kier alpha value is -3.42. The molecule has 0 saturated carbocycles. The molecular weight excluding hydrogens is 360 g/mol. The van der Waals surface area contributed by atoms with Gasteiger partial charge >= 0.3 is 0 Å². The lowest BCUT2D eigenvalue weighted by Crippen LogP contribution is -2.38. The number of nitrogens with zero attached hydrogens (tertiary/aromatic N) is 4. The van der Waals surface area contributed by atoms with E-state index >= 15 is 0 Å². The van der Waals surface area contributed by atoms with E-state index in [1.165, 1.54) is 0 Å². The zero-order chi connectivity index (χ0) is 18.9. The fourth-order valence-corrected chi connectivity index (χ4v) is 3.53. The van der Waals surface area contributed by atoms with E-state index in [1.54, 1.807) is 18.3 Å². The molecule has 1 fully saturated rings. The number of aromatic nitrogens is 3. The van der Waals surface area contributed by atoms with Gasteiger partial charge in [0.25, 0.3) is 5.91 Å². The molecule has 0 atom stereocenters. The summed E-state index contributed by atoms with van der Waals surface area (Å²) in [6.07, 6.45) is 3.19. The number of pyridine rings is 1. The van der Waals surface area contributed by atoms with E-state index < -0.39 is 0 Å². The van der Waals surface area contributed by atoms with Crippen molar-refractivity contribution in [2.75, 3.05) is 19.9 Å². The molecule has 28 heavy (non-hydrogen) atoms. The summed E-state index contributed by atoms with van der Waals surface area (Å²) in [7, 11) is 0. The zero-order valence-electron chi connectivity index (χ0n) is 15.1. The Labute approximate surface area is 161 Å². The van der Waals surface area contributed by atoms with Gasteiger partial charge < -0.3 is 18.9 Å². The number of benzene rings is 1. The topological polar surface area (TPSA) is 90.6 Å². The van der Waals surface area contributed by atoms with Gasteiger partial charge in [0.1, 0.15) is 5.69 Å². The lowest BCUT2D eigenvalue weighted by Gasteiger charge is -2.30. The van der Waals surface area contributed by atoms with Crippen LogP contribution in [-0.4, -0.2) is 45.8 Å². The number of hydrogen-bond acceptors (Lipinski definition) is 7. The summed E-state index contributed by atoms with van der Waals surface area (Å²) >= 11 is 0. The van der Waals surface area contributed by atoms with Crippen molar-refractivity contribution in [2.45, 2.75) is 18.8 Å². The van der Waals surface area contributed by atoms with Crippen LogP contribution in [0.15, 0.2) is 47.1 Å². The summed E-state index contributed by atoms with van der Waals surface area (Å²) < 4.78 is 16.2. The van der Waals surface area contributed by atoms with Gasteiger partial charge in [0.2, 0.25) is 18.5 Å². The lowest BCUT2D eigenvalue weighted by molar-refractivity contribution is 0.0698. The molecule has 5 rings (SSSR count). The maximum atomic E-state index is 12.5. The van der Waals surface area contributed by atoms with Crippen molar-refractivity contribution < 1.29 is 18.8 Å². The minimum atomic E-state index is -0.0365. The van der Waals surface area contributed by atoms with Crippen LogP contribution >= 0.6 is 0 Å². The van der Waals surface area contributed by atoms with E-state index in [1.807, 2.05) is 29.2 Å². The fourth-order valence-electron chi connectivity index (χ4n) is 3.53. The summed E-state index contributed by atoms with van der Waals surface area (Å²) in [5, 5.41) is 4.12. The second-order valence-corrected chi connectivity index (χ2v) is 6.81. The molecule has 2 aromatic heterocycles. The third-order valence-corrected chi connectivity index (χ3v) is 5.09. The van der Waals surface area contributed by atoms with Crippen molar-refractivity contribution in [2.24, 2.45) is 0 Å². The predicted molar refractivity (Wildman–Crippen MR) is 98.0 cm³/mol. The first-order chi connectivity index (χ1) is 13.8. The third-order valence-electron chi connectivity index (χ3n) is 5.09. The second-order valence-electron chi connectivity index (χ2n) is 6.81. The highest BCUT2D eigenvalue weighted by Gasteiger charge is 2.28. The number of likely N-dealkylation sites (tertiary alicyclic amines) is 1. The number of amides is 1. The Morgan fingerprint density at radius 1 is 1.07 bits per heavy atom. The molecular formula is C20H18N4O4. The maximum Gasteiger partial charge on any atom is 0.272 e. The molecule has 2 aliphatic heterocycles. The quantitative estimate of drug-likeness (QED) is 0.692. The largest absolute Gasteiger partial charge is 0.454 e. The van der Waals surface area contributed by atoms with Crippen molar-refractivity contribution >= 4 is 5.91 Å². The summed E-state index contributed by atoms with van der Waals surface area (Å²) in [5.41, 5.74) is 1.30. The van der Waals surface area contributed by atoms with Crippen molar-refractivity contribution in [3.8, 4) is 22.9 Å². The van der Waals surface area contributed by atoms with Crippen LogP contribution in [0.2, 0.25) is 0 Å². The molecule has 0 unspecified atom stereocenters. The number of ether oxygens (including phenoxy) is 2. The number of fused-ring (bicyclic) bond motifs is 1. The lowest BCUT2D eigenvalue weighted by atomic mass is 9.96. The van der Waals surface area contributed by atoms with Crippen LogP contribution in [0.4, 0.5) is 0 Å². The first-order valence-corrected chi connectivity index (χ1v) is 9.22. The summed E-state index contributed by atoms with van der Waals surface area (Å²) in [6.45, 7) is 1.51. The van der Waals surface area contributed by atoms with Gasteiger partial charge in [-0.15, -0.1) is 0 Å². The Kier molecular flexibility index (Phi) is 4.16. The van der Waals surface area contributed by atoms with Crippen molar-refractivity contribution in [3.63, 3.8) is 0 Å². The third kappa shape index (κ3) is 3.06. The Balaban J connectivity index is 1.26. The van der Waals surface area contributed by atoms with Gasteiger partial charge in [-0.1, -0.05) is 11.2 Å². The number of rotatable bonds is 3. The minimum absolute atomic E-state index is 0.0365. The first-order valence-electron chi connectivity index (χ1n) is 9.22. The molecule has 0 spiro atoms. The summed E-state index contributed by atoms with van der Waals surface area (Å²) in [5.74, 6) is 2.65. The maximum absolute atomic E-state index is 12.5. The molecule has 1 aromatic carbocycles. The second kappa shape index (κ2) is 6.95. The van der Waals surface area contributed by atoms with Crippen LogP contribution in [-0.2, 0) is 0 Å². The van der Waals surface area contributed by atoms with E-state index in [-0.39, 0.29) is 18.6 Å². The molecule has 0 N–H and O–H groups in total. The van der Waals surface area contributed by atoms with Crippen LogP contribution in [0.1, 0.15) is 35.1 Å². The highest BCUT2D eigenvalue weighted by atomic mass is 16.7. The molecule has 8 nitrogen and oxygen atoms in total. The van der Waals surface area contributed by atoms with Crippen LogP contribution < -0.4 is 9.47 Å². The highest BCUT2D eigenvalue weighted by molar-refractivity contribution is 5.92. The normalized spacial score (nSPS) is 16.4. The van der Waals surface area contributed by atoms with E-state index in [4.69, 9.17) is 14.0 Å². The predicted octanol–water partition coefficient (Wildman–Crippen LogP) is 2.88. The van der Waals surface area contributed by atoms with Crippen molar-refractivity contribution in [1.82, 2.24) is 20.0 Å².